The lowest BCUT2D eigenvalue weighted by Crippen LogP contribution is -2.29. The van der Waals surface area contributed by atoms with Crippen LogP contribution in [0.4, 0.5) is 5.13 Å². The fourth-order valence-corrected chi connectivity index (χ4v) is 5.92. The van der Waals surface area contributed by atoms with E-state index in [0.29, 0.717) is 10.7 Å². The number of Topliss-reactive ketones (excluding diaryl/α,β-unsaturated/α-hetero) is 1. The van der Waals surface area contributed by atoms with Crippen molar-refractivity contribution in [1.29, 1.82) is 0 Å². The number of amides is 1. The van der Waals surface area contributed by atoms with Gasteiger partial charge >= 0.3 is 5.91 Å². The minimum absolute atomic E-state index is 0.0555. The lowest BCUT2D eigenvalue weighted by molar-refractivity contribution is -0.132. The van der Waals surface area contributed by atoms with Crippen molar-refractivity contribution in [3.05, 3.63) is 94.6 Å². The number of carbonyl (C=O) groups is 2. The molecule has 0 radical (unpaired) electrons. The molecule has 1 amide bonds. The molecule has 7 heteroatoms. The number of fused-ring (bicyclic) bond motifs is 2. The normalized spacial score (nSPS) is 20.9. The Bertz CT molecular complexity index is 1540. The number of aromatic nitrogens is 1. The van der Waals surface area contributed by atoms with Crippen LogP contribution in [0.25, 0.3) is 16.0 Å². The van der Waals surface area contributed by atoms with Crippen molar-refractivity contribution < 1.29 is 19.4 Å². The lowest BCUT2D eigenvalue weighted by Gasteiger charge is -2.23. The fourth-order valence-electron chi connectivity index (χ4n) is 4.83. The van der Waals surface area contributed by atoms with E-state index in [2.05, 4.69) is 4.98 Å². The number of ketones is 1. The van der Waals surface area contributed by atoms with E-state index < -0.39 is 17.7 Å². The number of benzene rings is 3. The lowest BCUT2D eigenvalue weighted by atomic mass is 9.94. The van der Waals surface area contributed by atoms with Gasteiger partial charge in [-0.15, -0.1) is 0 Å². The fraction of sp³-hybridized carbons (Fsp3) is 0.179. The standard InChI is InChI=1S/C28H22N2O4S/c1-15-8-10-20-22(12-15)35-28(29-20)30-24(17-6-4-3-5-7-17)23(26(32)27(30)33)25(31)18-9-11-21-19(14-18)13-16(2)34-21/h3-12,14,16,24,31H,13H2,1-2H3/t16-,24-/m1/s1. The van der Waals surface area contributed by atoms with Gasteiger partial charge in [0.25, 0.3) is 5.78 Å². The maximum Gasteiger partial charge on any atom is 0.301 e. The summed E-state index contributed by atoms with van der Waals surface area (Å²) < 4.78 is 6.71. The molecule has 0 saturated carbocycles. The first-order valence-electron chi connectivity index (χ1n) is 11.4. The average molecular weight is 483 g/mol. The van der Waals surface area contributed by atoms with Gasteiger partial charge in [0.15, 0.2) is 5.13 Å². The molecule has 35 heavy (non-hydrogen) atoms. The quantitative estimate of drug-likeness (QED) is 0.235. The SMILES string of the molecule is Cc1ccc2nc(N3C(=O)C(=O)C(=C(O)c4ccc5c(c4)C[C@@H](C)O5)[C@H]3c3ccccc3)sc2c1. The van der Waals surface area contributed by atoms with Crippen LogP contribution in [0.1, 0.15) is 35.2 Å². The number of hydrogen-bond acceptors (Lipinski definition) is 6. The van der Waals surface area contributed by atoms with Crippen LogP contribution in [0.3, 0.4) is 0 Å². The van der Waals surface area contributed by atoms with Gasteiger partial charge in [0.2, 0.25) is 0 Å². The average Bonchev–Trinajstić information content (AvgIpc) is 3.51. The number of nitrogens with zero attached hydrogens (tertiary/aromatic N) is 2. The highest BCUT2D eigenvalue weighted by Crippen LogP contribution is 2.44. The van der Waals surface area contributed by atoms with Gasteiger partial charge in [0, 0.05) is 12.0 Å². The summed E-state index contributed by atoms with van der Waals surface area (Å²) >= 11 is 1.36. The Kier molecular flexibility index (Phi) is 4.96. The van der Waals surface area contributed by atoms with Crippen LogP contribution in [-0.2, 0) is 16.0 Å². The van der Waals surface area contributed by atoms with E-state index in [1.807, 2.05) is 68.4 Å². The van der Waals surface area contributed by atoms with E-state index in [0.717, 1.165) is 39.1 Å². The van der Waals surface area contributed by atoms with Gasteiger partial charge in [-0.25, -0.2) is 4.98 Å². The van der Waals surface area contributed by atoms with Gasteiger partial charge in [-0.1, -0.05) is 47.7 Å². The molecule has 0 spiro atoms. The number of ether oxygens (including phenoxy) is 1. The molecule has 2 aliphatic heterocycles. The van der Waals surface area contributed by atoms with Crippen molar-refractivity contribution in [2.45, 2.75) is 32.4 Å². The first kappa shape index (κ1) is 21.6. The number of carbonyl (C=O) groups excluding carboxylic acids is 2. The van der Waals surface area contributed by atoms with Gasteiger partial charge < -0.3 is 9.84 Å². The summed E-state index contributed by atoms with van der Waals surface area (Å²) in [4.78, 5) is 32.9. The van der Waals surface area contributed by atoms with Crippen molar-refractivity contribution in [3.8, 4) is 5.75 Å². The Morgan fingerprint density at radius 1 is 1.09 bits per heavy atom. The molecule has 0 bridgehead atoms. The molecule has 1 fully saturated rings. The summed E-state index contributed by atoms with van der Waals surface area (Å²) in [7, 11) is 0. The molecule has 0 unspecified atom stereocenters. The number of aliphatic hydroxyl groups excluding tert-OH is 1. The second-order valence-corrected chi connectivity index (χ2v) is 10.0. The van der Waals surface area contributed by atoms with Crippen LogP contribution in [0.2, 0.25) is 0 Å². The first-order valence-corrected chi connectivity index (χ1v) is 12.3. The summed E-state index contributed by atoms with van der Waals surface area (Å²) in [6, 6.07) is 19.7. The van der Waals surface area contributed by atoms with Gasteiger partial charge in [-0.05, 0) is 60.9 Å². The monoisotopic (exact) mass is 482 g/mol. The van der Waals surface area contributed by atoms with Crippen LogP contribution < -0.4 is 9.64 Å². The van der Waals surface area contributed by atoms with Crippen molar-refractivity contribution in [2.75, 3.05) is 4.90 Å². The Balaban J connectivity index is 1.53. The molecular formula is C28H22N2O4S. The van der Waals surface area contributed by atoms with E-state index in [1.54, 1.807) is 12.1 Å². The predicted octanol–water partition coefficient (Wildman–Crippen LogP) is 5.55. The number of rotatable bonds is 3. The molecule has 1 N–H and O–H groups in total. The largest absolute Gasteiger partial charge is 0.507 e. The Morgan fingerprint density at radius 3 is 2.69 bits per heavy atom. The molecule has 174 valence electrons. The third kappa shape index (κ3) is 3.51. The van der Waals surface area contributed by atoms with E-state index in [-0.39, 0.29) is 17.4 Å². The van der Waals surface area contributed by atoms with Crippen molar-refractivity contribution in [2.24, 2.45) is 0 Å². The summed E-state index contributed by atoms with van der Waals surface area (Å²) in [5.41, 5.74) is 4.08. The van der Waals surface area contributed by atoms with Crippen molar-refractivity contribution >= 4 is 44.1 Å². The minimum Gasteiger partial charge on any atom is -0.507 e. The second kappa shape index (κ2) is 8.06. The van der Waals surface area contributed by atoms with Crippen LogP contribution in [0.15, 0.2) is 72.3 Å². The highest BCUT2D eigenvalue weighted by Gasteiger charge is 2.48. The molecule has 1 aromatic heterocycles. The number of aliphatic hydroxyl groups is 1. The van der Waals surface area contributed by atoms with Gasteiger partial charge in [0.1, 0.15) is 17.6 Å². The van der Waals surface area contributed by atoms with E-state index in [4.69, 9.17) is 4.74 Å². The van der Waals surface area contributed by atoms with Gasteiger partial charge in [0.05, 0.1) is 21.8 Å². The highest BCUT2D eigenvalue weighted by molar-refractivity contribution is 7.22. The zero-order valence-electron chi connectivity index (χ0n) is 19.2. The maximum atomic E-state index is 13.4. The van der Waals surface area contributed by atoms with E-state index in [9.17, 15) is 14.7 Å². The predicted molar refractivity (Wildman–Crippen MR) is 136 cm³/mol. The molecule has 2 aliphatic rings. The second-order valence-electron chi connectivity index (χ2n) is 9.00. The maximum absolute atomic E-state index is 13.4. The van der Waals surface area contributed by atoms with Crippen LogP contribution in [0.5, 0.6) is 5.75 Å². The smallest absolute Gasteiger partial charge is 0.301 e. The molecule has 4 aromatic rings. The van der Waals surface area contributed by atoms with Gasteiger partial charge in [-0.2, -0.15) is 0 Å². The minimum atomic E-state index is -0.790. The summed E-state index contributed by atoms with van der Waals surface area (Å²) in [5.74, 6) is -0.843. The first-order chi connectivity index (χ1) is 16.9. The number of thiazole rings is 1. The van der Waals surface area contributed by atoms with Crippen LogP contribution in [0, 0.1) is 6.92 Å². The molecule has 3 aromatic carbocycles. The summed E-state index contributed by atoms with van der Waals surface area (Å²) in [5, 5.41) is 11.8. The molecule has 6 rings (SSSR count). The summed E-state index contributed by atoms with van der Waals surface area (Å²) in [6.07, 6.45) is 0.776. The van der Waals surface area contributed by atoms with Gasteiger partial charge in [-0.3, -0.25) is 14.5 Å². The third-order valence-electron chi connectivity index (χ3n) is 6.47. The molecular weight excluding hydrogens is 460 g/mol. The van der Waals surface area contributed by atoms with Crippen LogP contribution in [-0.4, -0.2) is 27.9 Å². The van der Waals surface area contributed by atoms with Crippen molar-refractivity contribution in [1.82, 2.24) is 4.98 Å². The molecule has 3 heterocycles. The van der Waals surface area contributed by atoms with E-state index in [1.165, 1.54) is 16.2 Å². The topological polar surface area (TPSA) is 79.7 Å². The third-order valence-corrected chi connectivity index (χ3v) is 7.49. The van der Waals surface area contributed by atoms with Crippen LogP contribution >= 0.6 is 11.3 Å². The molecule has 1 saturated heterocycles. The molecule has 6 nitrogen and oxygen atoms in total. The Morgan fingerprint density at radius 2 is 1.89 bits per heavy atom. The zero-order chi connectivity index (χ0) is 24.3. The highest BCUT2D eigenvalue weighted by atomic mass is 32.1. The van der Waals surface area contributed by atoms with E-state index >= 15 is 0 Å². The van der Waals surface area contributed by atoms with Crippen molar-refractivity contribution in [3.63, 3.8) is 0 Å². The number of hydrogen-bond donors (Lipinski definition) is 1. The molecule has 2 atom stereocenters. The zero-order valence-corrected chi connectivity index (χ0v) is 20.0. The summed E-state index contributed by atoms with van der Waals surface area (Å²) in [6.45, 7) is 3.98. The number of aryl methyl sites for hydroxylation is 1. The Hall–Kier alpha value is -3.97. The Labute approximate surface area is 206 Å². The molecule has 0 aliphatic carbocycles. The number of anilines is 1.